The first kappa shape index (κ1) is 13.4. The molecule has 2 aliphatic carbocycles. The third-order valence-corrected chi connectivity index (χ3v) is 5.30. The largest absolute Gasteiger partial charge is 0.313 e. The zero-order chi connectivity index (χ0) is 12.3. The van der Waals surface area contributed by atoms with Crippen LogP contribution in [0, 0.1) is 17.3 Å². The third-order valence-electron chi connectivity index (χ3n) is 5.30. The highest BCUT2D eigenvalue weighted by Gasteiger charge is 2.32. The Bertz CT molecular complexity index is 226. The van der Waals surface area contributed by atoms with E-state index in [-0.39, 0.29) is 0 Å². The Morgan fingerprint density at radius 3 is 2.35 bits per heavy atom. The number of hydrogen-bond acceptors (Lipinski definition) is 1. The van der Waals surface area contributed by atoms with E-state index in [1.54, 1.807) is 0 Å². The van der Waals surface area contributed by atoms with E-state index in [1.165, 1.54) is 57.9 Å². The van der Waals surface area contributed by atoms with Crippen molar-refractivity contribution in [3.8, 4) is 0 Å². The Hall–Kier alpha value is -0.0400. The van der Waals surface area contributed by atoms with Gasteiger partial charge in [0.05, 0.1) is 0 Å². The highest BCUT2D eigenvalue weighted by atomic mass is 14.9. The minimum Gasteiger partial charge on any atom is -0.313 e. The van der Waals surface area contributed by atoms with Crippen LogP contribution in [-0.2, 0) is 0 Å². The summed E-state index contributed by atoms with van der Waals surface area (Å²) in [4.78, 5) is 0. The standard InChI is InChI=1S/C16H31N/c1-13-7-9-14(10-8-13)12-17-15-6-4-5-11-16(15,2)3/h13-15,17H,4-12H2,1-3H3. The lowest BCUT2D eigenvalue weighted by Gasteiger charge is -2.40. The summed E-state index contributed by atoms with van der Waals surface area (Å²) in [7, 11) is 0. The Morgan fingerprint density at radius 1 is 1.00 bits per heavy atom. The van der Waals surface area contributed by atoms with Crippen LogP contribution in [0.15, 0.2) is 0 Å². The molecule has 1 nitrogen and oxygen atoms in total. The van der Waals surface area contributed by atoms with Gasteiger partial charge in [-0.15, -0.1) is 0 Å². The molecule has 1 atom stereocenters. The molecule has 1 N–H and O–H groups in total. The summed E-state index contributed by atoms with van der Waals surface area (Å²) < 4.78 is 0. The van der Waals surface area contributed by atoms with Gasteiger partial charge in [0.25, 0.3) is 0 Å². The van der Waals surface area contributed by atoms with E-state index in [0.717, 1.165) is 17.9 Å². The fraction of sp³-hybridized carbons (Fsp3) is 1.00. The lowest BCUT2D eigenvalue weighted by Crippen LogP contribution is -2.46. The summed E-state index contributed by atoms with van der Waals surface area (Å²) in [5.41, 5.74) is 0.528. The second kappa shape index (κ2) is 5.73. The van der Waals surface area contributed by atoms with Crippen molar-refractivity contribution in [3.63, 3.8) is 0 Å². The number of rotatable bonds is 3. The highest BCUT2D eigenvalue weighted by Crippen LogP contribution is 2.36. The van der Waals surface area contributed by atoms with E-state index in [1.807, 2.05) is 0 Å². The summed E-state index contributed by atoms with van der Waals surface area (Å²) in [6, 6.07) is 0.774. The van der Waals surface area contributed by atoms with Gasteiger partial charge in [0, 0.05) is 6.04 Å². The molecule has 0 aromatic heterocycles. The van der Waals surface area contributed by atoms with Crippen LogP contribution >= 0.6 is 0 Å². The van der Waals surface area contributed by atoms with Gasteiger partial charge in [-0.3, -0.25) is 0 Å². The van der Waals surface area contributed by atoms with Crippen LogP contribution in [-0.4, -0.2) is 12.6 Å². The maximum atomic E-state index is 3.90. The molecule has 0 amide bonds. The van der Waals surface area contributed by atoms with Crippen molar-refractivity contribution >= 4 is 0 Å². The summed E-state index contributed by atoms with van der Waals surface area (Å²) in [5.74, 6) is 1.95. The molecular weight excluding hydrogens is 206 g/mol. The second-order valence-corrected chi connectivity index (χ2v) is 7.32. The predicted octanol–water partition coefficient (Wildman–Crippen LogP) is 4.37. The topological polar surface area (TPSA) is 12.0 Å². The van der Waals surface area contributed by atoms with Gasteiger partial charge < -0.3 is 5.32 Å². The van der Waals surface area contributed by atoms with Gasteiger partial charge in [-0.05, 0) is 49.5 Å². The molecule has 0 spiro atoms. The van der Waals surface area contributed by atoms with Crippen LogP contribution in [0.2, 0.25) is 0 Å². The number of nitrogens with one attached hydrogen (secondary N) is 1. The molecule has 100 valence electrons. The molecule has 2 rings (SSSR count). The van der Waals surface area contributed by atoms with E-state index in [2.05, 4.69) is 26.1 Å². The predicted molar refractivity (Wildman–Crippen MR) is 75.2 cm³/mol. The van der Waals surface area contributed by atoms with Gasteiger partial charge in [-0.25, -0.2) is 0 Å². The first-order chi connectivity index (χ1) is 8.08. The molecule has 0 aromatic rings. The molecule has 1 heteroatoms. The lowest BCUT2D eigenvalue weighted by atomic mass is 9.73. The molecule has 2 aliphatic rings. The van der Waals surface area contributed by atoms with Crippen molar-refractivity contribution in [1.29, 1.82) is 0 Å². The molecule has 0 heterocycles. The van der Waals surface area contributed by atoms with Gasteiger partial charge in [-0.2, -0.15) is 0 Å². The smallest absolute Gasteiger partial charge is 0.0118 e. The summed E-state index contributed by atoms with van der Waals surface area (Å²) in [6.07, 6.45) is 11.5. The van der Waals surface area contributed by atoms with E-state index in [9.17, 15) is 0 Å². The summed E-state index contributed by atoms with van der Waals surface area (Å²) >= 11 is 0. The molecule has 2 fully saturated rings. The zero-order valence-corrected chi connectivity index (χ0v) is 12.1. The maximum Gasteiger partial charge on any atom is 0.0118 e. The molecule has 1 unspecified atom stereocenters. The molecule has 0 saturated heterocycles. The van der Waals surface area contributed by atoms with Crippen LogP contribution in [0.3, 0.4) is 0 Å². The van der Waals surface area contributed by atoms with Gasteiger partial charge in [0.2, 0.25) is 0 Å². The van der Waals surface area contributed by atoms with Crippen molar-refractivity contribution in [1.82, 2.24) is 5.32 Å². The van der Waals surface area contributed by atoms with E-state index >= 15 is 0 Å². The van der Waals surface area contributed by atoms with Crippen molar-refractivity contribution in [2.75, 3.05) is 6.54 Å². The Labute approximate surface area is 108 Å². The molecule has 0 aromatic carbocycles. The average Bonchev–Trinajstić information content (AvgIpc) is 2.29. The normalized spacial score (nSPS) is 37.9. The minimum atomic E-state index is 0.528. The second-order valence-electron chi connectivity index (χ2n) is 7.32. The molecule has 0 bridgehead atoms. The molecule has 2 saturated carbocycles. The van der Waals surface area contributed by atoms with Crippen LogP contribution in [0.4, 0.5) is 0 Å². The fourth-order valence-electron chi connectivity index (χ4n) is 3.71. The average molecular weight is 237 g/mol. The Kier molecular flexibility index (Phi) is 4.52. The van der Waals surface area contributed by atoms with Crippen LogP contribution in [0.5, 0.6) is 0 Å². The maximum absolute atomic E-state index is 3.90. The molecule has 0 aliphatic heterocycles. The molecule has 17 heavy (non-hydrogen) atoms. The highest BCUT2D eigenvalue weighted by molar-refractivity contribution is 4.88. The minimum absolute atomic E-state index is 0.528. The van der Waals surface area contributed by atoms with Gasteiger partial charge in [-0.1, -0.05) is 46.5 Å². The Balaban J connectivity index is 1.73. The van der Waals surface area contributed by atoms with Crippen LogP contribution < -0.4 is 5.32 Å². The van der Waals surface area contributed by atoms with Crippen molar-refractivity contribution < 1.29 is 0 Å². The fourth-order valence-corrected chi connectivity index (χ4v) is 3.71. The summed E-state index contributed by atoms with van der Waals surface area (Å²) in [6.45, 7) is 8.59. The van der Waals surface area contributed by atoms with Crippen molar-refractivity contribution in [2.24, 2.45) is 17.3 Å². The van der Waals surface area contributed by atoms with Crippen molar-refractivity contribution in [3.05, 3.63) is 0 Å². The quantitative estimate of drug-likeness (QED) is 0.768. The Morgan fingerprint density at radius 2 is 1.71 bits per heavy atom. The monoisotopic (exact) mass is 237 g/mol. The van der Waals surface area contributed by atoms with E-state index < -0.39 is 0 Å². The first-order valence-corrected chi connectivity index (χ1v) is 7.81. The zero-order valence-electron chi connectivity index (χ0n) is 12.1. The SMILES string of the molecule is CC1CCC(CNC2CCCCC2(C)C)CC1. The van der Waals surface area contributed by atoms with Gasteiger partial charge in [0.15, 0.2) is 0 Å². The van der Waals surface area contributed by atoms with Crippen molar-refractivity contribution in [2.45, 2.75) is 78.2 Å². The molecular formula is C16H31N. The third kappa shape index (κ3) is 3.71. The lowest BCUT2D eigenvalue weighted by molar-refractivity contribution is 0.155. The van der Waals surface area contributed by atoms with E-state index in [4.69, 9.17) is 0 Å². The van der Waals surface area contributed by atoms with Gasteiger partial charge >= 0.3 is 0 Å². The number of hydrogen-bond donors (Lipinski definition) is 1. The van der Waals surface area contributed by atoms with Crippen LogP contribution in [0.25, 0.3) is 0 Å². The van der Waals surface area contributed by atoms with E-state index in [0.29, 0.717) is 5.41 Å². The molecule has 0 radical (unpaired) electrons. The first-order valence-electron chi connectivity index (χ1n) is 7.81. The van der Waals surface area contributed by atoms with Crippen LogP contribution in [0.1, 0.15) is 72.1 Å². The summed E-state index contributed by atoms with van der Waals surface area (Å²) in [5, 5.41) is 3.90. The van der Waals surface area contributed by atoms with Gasteiger partial charge in [0.1, 0.15) is 0 Å².